The smallest absolute Gasteiger partial charge is 0.185 e. The fourth-order valence-electron chi connectivity index (χ4n) is 2.50. The van der Waals surface area contributed by atoms with Gasteiger partial charge in [0.1, 0.15) is 5.78 Å². The molecule has 0 N–H and O–H groups in total. The van der Waals surface area contributed by atoms with Crippen LogP contribution >= 0.6 is 0 Å². The maximum atomic E-state index is 12.6. The molecule has 0 aliphatic heterocycles. The Balaban J connectivity index is 2.33. The molecule has 1 saturated carbocycles. The first-order valence-corrected chi connectivity index (χ1v) is 7.85. The Morgan fingerprint density at radius 3 is 2.32 bits per heavy atom. The van der Waals surface area contributed by atoms with E-state index in [1.54, 1.807) is 24.3 Å². The number of hydrogen-bond acceptors (Lipinski definition) is 3. The number of sulfone groups is 1. The van der Waals surface area contributed by atoms with Crippen LogP contribution in [0.2, 0.25) is 0 Å². The summed E-state index contributed by atoms with van der Waals surface area (Å²) in [4.78, 5) is 11.7. The highest BCUT2D eigenvalue weighted by Crippen LogP contribution is 2.37. The van der Waals surface area contributed by atoms with Gasteiger partial charge in [0.05, 0.1) is 10.1 Å². The van der Waals surface area contributed by atoms with E-state index in [4.69, 9.17) is 0 Å². The van der Waals surface area contributed by atoms with Crippen molar-refractivity contribution in [2.45, 2.75) is 36.8 Å². The van der Waals surface area contributed by atoms with Crippen molar-refractivity contribution in [2.24, 2.45) is 5.92 Å². The van der Waals surface area contributed by atoms with E-state index in [2.05, 4.69) is 6.58 Å². The summed E-state index contributed by atoms with van der Waals surface area (Å²) in [6.07, 6.45) is 0.857. The summed E-state index contributed by atoms with van der Waals surface area (Å²) in [6, 6.07) is 6.82. The topological polar surface area (TPSA) is 51.2 Å². The number of hydrogen-bond donors (Lipinski definition) is 0. The molecular weight excluding hydrogens is 260 g/mol. The van der Waals surface area contributed by atoms with Crippen LogP contribution in [0.5, 0.6) is 0 Å². The number of carbonyl (C=O) groups is 1. The molecule has 1 aromatic rings. The second kappa shape index (κ2) is 4.93. The minimum Gasteiger partial charge on any atom is -0.300 e. The number of benzene rings is 1. The summed E-state index contributed by atoms with van der Waals surface area (Å²) in [7, 11) is -3.42. The third kappa shape index (κ3) is 2.63. The predicted octanol–water partition coefficient (Wildman–Crippen LogP) is 2.69. The van der Waals surface area contributed by atoms with Crippen molar-refractivity contribution in [2.75, 3.05) is 0 Å². The van der Waals surface area contributed by atoms with Crippen LogP contribution in [0.3, 0.4) is 0 Å². The van der Waals surface area contributed by atoms with Gasteiger partial charge in [-0.05, 0) is 38.8 Å². The summed E-state index contributed by atoms with van der Waals surface area (Å²) in [5, 5.41) is -0.621. The number of carbonyl (C=O) groups excluding carboxylic acids is 1. The van der Waals surface area contributed by atoms with Crippen LogP contribution in [-0.4, -0.2) is 19.5 Å². The lowest BCUT2D eigenvalue weighted by Crippen LogP contribution is -2.20. The van der Waals surface area contributed by atoms with Crippen molar-refractivity contribution < 1.29 is 13.2 Å². The van der Waals surface area contributed by atoms with E-state index < -0.39 is 15.1 Å². The molecule has 3 nitrogen and oxygen atoms in total. The van der Waals surface area contributed by atoms with Gasteiger partial charge in [0.2, 0.25) is 0 Å². The SMILES string of the molecule is C=C1CC(C(C)=O)CC1S(=O)(=O)c1ccc(C)cc1. The third-order valence-electron chi connectivity index (χ3n) is 3.76. The second-order valence-corrected chi connectivity index (χ2v) is 7.38. The molecule has 0 amide bonds. The first kappa shape index (κ1) is 14.0. The molecule has 1 aliphatic carbocycles. The van der Waals surface area contributed by atoms with E-state index in [9.17, 15) is 13.2 Å². The molecular formula is C15H18O3S. The lowest BCUT2D eigenvalue weighted by atomic mass is 10.0. The number of Topliss-reactive ketones (excluding diaryl/α,β-unsaturated/α-hetero) is 1. The zero-order valence-corrected chi connectivity index (χ0v) is 12.0. The molecule has 0 aromatic heterocycles. The van der Waals surface area contributed by atoms with Gasteiger partial charge >= 0.3 is 0 Å². The van der Waals surface area contributed by atoms with E-state index in [1.165, 1.54) is 6.92 Å². The minimum absolute atomic E-state index is 0.0442. The maximum absolute atomic E-state index is 12.6. The van der Waals surface area contributed by atoms with Gasteiger partial charge < -0.3 is 0 Å². The molecule has 19 heavy (non-hydrogen) atoms. The lowest BCUT2D eigenvalue weighted by molar-refractivity contribution is -0.120. The van der Waals surface area contributed by atoms with Gasteiger partial charge in [-0.3, -0.25) is 4.79 Å². The highest BCUT2D eigenvalue weighted by Gasteiger charge is 2.39. The standard InChI is InChI=1S/C15H18O3S/c1-10-4-6-14(7-5-10)19(17,18)15-9-13(12(3)16)8-11(15)2/h4-7,13,15H,2,8-9H2,1,3H3. The zero-order valence-electron chi connectivity index (χ0n) is 11.2. The molecule has 1 fully saturated rings. The first-order chi connectivity index (χ1) is 8.82. The zero-order chi connectivity index (χ0) is 14.2. The molecule has 0 bridgehead atoms. The van der Waals surface area contributed by atoms with Crippen LogP contribution in [0.25, 0.3) is 0 Å². The van der Waals surface area contributed by atoms with E-state index in [0.29, 0.717) is 23.3 Å². The Bertz CT molecular complexity index is 611. The Kier molecular flexibility index (Phi) is 3.63. The molecule has 0 saturated heterocycles. The van der Waals surface area contributed by atoms with Crippen LogP contribution in [-0.2, 0) is 14.6 Å². The van der Waals surface area contributed by atoms with Crippen LogP contribution in [0.4, 0.5) is 0 Å². The monoisotopic (exact) mass is 278 g/mol. The normalized spacial score (nSPS) is 23.6. The average molecular weight is 278 g/mol. The Labute approximate surface area is 114 Å². The van der Waals surface area contributed by atoms with Crippen molar-refractivity contribution in [1.29, 1.82) is 0 Å². The summed E-state index contributed by atoms with van der Waals surface area (Å²) in [6.45, 7) is 7.27. The van der Waals surface area contributed by atoms with Crippen LogP contribution in [0.15, 0.2) is 41.3 Å². The molecule has 102 valence electrons. The van der Waals surface area contributed by atoms with E-state index in [-0.39, 0.29) is 11.7 Å². The summed E-state index contributed by atoms with van der Waals surface area (Å²) in [5.41, 5.74) is 1.67. The largest absolute Gasteiger partial charge is 0.300 e. The average Bonchev–Trinajstić information content (AvgIpc) is 2.73. The van der Waals surface area contributed by atoms with Gasteiger partial charge in [0.15, 0.2) is 9.84 Å². The predicted molar refractivity (Wildman–Crippen MR) is 74.7 cm³/mol. The van der Waals surface area contributed by atoms with Crippen molar-refractivity contribution in [3.63, 3.8) is 0 Å². The Morgan fingerprint density at radius 2 is 1.84 bits per heavy atom. The minimum atomic E-state index is -3.42. The van der Waals surface area contributed by atoms with Gasteiger partial charge in [0.25, 0.3) is 0 Å². The molecule has 2 unspecified atom stereocenters. The summed E-state index contributed by atoms with van der Waals surface area (Å²) < 4.78 is 25.1. The first-order valence-electron chi connectivity index (χ1n) is 6.31. The number of aryl methyl sites for hydroxylation is 1. The van der Waals surface area contributed by atoms with Gasteiger partial charge in [-0.1, -0.05) is 29.8 Å². The maximum Gasteiger partial charge on any atom is 0.185 e. The summed E-state index contributed by atoms with van der Waals surface area (Å²) in [5.74, 6) is -0.152. The molecule has 2 rings (SSSR count). The van der Waals surface area contributed by atoms with Crippen molar-refractivity contribution >= 4 is 15.6 Å². The molecule has 1 aliphatic rings. The van der Waals surface area contributed by atoms with Crippen LogP contribution < -0.4 is 0 Å². The highest BCUT2D eigenvalue weighted by atomic mass is 32.2. The van der Waals surface area contributed by atoms with Crippen LogP contribution in [0.1, 0.15) is 25.3 Å². The van der Waals surface area contributed by atoms with E-state index in [1.807, 2.05) is 6.92 Å². The van der Waals surface area contributed by atoms with Crippen molar-refractivity contribution in [3.8, 4) is 0 Å². The van der Waals surface area contributed by atoms with E-state index in [0.717, 1.165) is 5.56 Å². The van der Waals surface area contributed by atoms with E-state index >= 15 is 0 Å². The molecule has 1 aromatic carbocycles. The fraction of sp³-hybridized carbons (Fsp3) is 0.400. The van der Waals surface area contributed by atoms with Gasteiger partial charge in [-0.2, -0.15) is 0 Å². The van der Waals surface area contributed by atoms with Gasteiger partial charge in [-0.15, -0.1) is 0 Å². The van der Waals surface area contributed by atoms with Crippen LogP contribution in [0, 0.1) is 12.8 Å². The lowest BCUT2D eigenvalue weighted by Gasteiger charge is -2.13. The van der Waals surface area contributed by atoms with Crippen molar-refractivity contribution in [3.05, 3.63) is 42.0 Å². The Morgan fingerprint density at radius 1 is 1.26 bits per heavy atom. The summed E-state index contributed by atoms with van der Waals surface area (Å²) >= 11 is 0. The molecule has 0 radical (unpaired) electrons. The quantitative estimate of drug-likeness (QED) is 0.799. The third-order valence-corrected chi connectivity index (χ3v) is 5.97. The van der Waals surface area contributed by atoms with Gasteiger partial charge in [0, 0.05) is 5.92 Å². The Hall–Kier alpha value is -1.42. The second-order valence-electron chi connectivity index (χ2n) is 5.25. The molecule has 0 spiro atoms. The number of rotatable bonds is 3. The van der Waals surface area contributed by atoms with Crippen molar-refractivity contribution in [1.82, 2.24) is 0 Å². The number of ketones is 1. The fourth-order valence-corrected chi connectivity index (χ4v) is 4.37. The highest BCUT2D eigenvalue weighted by molar-refractivity contribution is 7.92. The molecule has 2 atom stereocenters. The molecule has 0 heterocycles. The molecule has 4 heteroatoms. The van der Waals surface area contributed by atoms with Gasteiger partial charge in [-0.25, -0.2) is 8.42 Å².